The second kappa shape index (κ2) is 5.72. The summed E-state index contributed by atoms with van der Waals surface area (Å²) in [7, 11) is 0. The molecule has 0 aromatic carbocycles. The van der Waals surface area contributed by atoms with Crippen LogP contribution in [0.25, 0.3) is 9.88 Å². The van der Waals surface area contributed by atoms with Crippen molar-refractivity contribution in [2.75, 3.05) is 0 Å². The van der Waals surface area contributed by atoms with Crippen molar-refractivity contribution in [2.24, 2.45) is 0 Å². The molecule has 3 aromatic heterocycles. The minimum Gasteiger partial charge on any atom is -0.848 e. The van der Waals surface area contributed by atoms with E-state index in [1.165, 1.54) is 11.3 Å². The van der Waals surface area contributed by atoms with Gasteiger partial charge in [0.25, 0.3) is 0 Å². The van der Waals surface area contributed by atoms with Gasteiger partial charge in [-0.1, -0.05) is 12.1 Å². The van der Waals surface area contributed by atoms with Gasteiger partial charge >= 0.3 is 0 Å². The zero-order chi connectivity index (χ0) is 14.0. The zero-order valence-electron chi connectivity index (χ0n) is 10.2. The second-order valence-corrected chi connectivity index (χ2v) is 6.82. The number of aromatic nitrogens is 1. The Bertz CT molecular complexity index is 660. The van der Waals surface area contributed by atoms with E-state index < -0.39 is 5.91 Å². The number of hydrogen-bond acceptors (Lipinski definition) is 7. The summed E-state index contributed by atoms with van der Waals surface area (Å²) in [6.07, 6.45) is 0. The molecular formula is C13H10N2O2S3-2. The summed E-state index contributed by atoms with van der Waals surface area (Å²) in [5, 5.41) is 32.8. The van der Waals surface area contributed by atoms with Crippen LogP contribution in [0.3, 0.4) is 0 Å². The molecule has 104 valence electrons. The van der Waals surface area contributed by atoms with E-state index in [4.69, 9.17) is 0 Å². The standard InChI is InChI=1S/C13H10N2O2S3/c16-13(17,11-4-2-6-19-11)14-7-9-8-20-12(15-9)10-3-1-5-18-10/h1-6,8,14H,7H2/q-2. The third-order valence-electron chi connectivity index (χ3n) is 2.63. The Labute approximate surface area is 128 Å². The van der Waals surface area contributed by atoms with Crippen LogP contribution in [0.2, 0.25) is 0 Å². The lowest BCUT2D eigenvalue weighted by atomic mass is 10.3. The minimum atomic E-state index is -2.51. The molecule has 3 aromatic rings. The van der Waals surface area contributed by atoms with Crippen LogP contribution in [-0.2, 0) is 12.5 Å². The molecular weight excluding hydrogens is 312 g/mol. The lowest BCUT2D eigenvalue weighted by Gasteiger charge is -2.48. The second-order valence-electron chi connectivity index (χ2n) is 4.07. The number of nitrogens with zero attached hydrogens (tertiary/aromatic N) is 1. The van der Waals surface area contributed by atoms with Crippen LogP contribution in [0, 0.1) is 0 Å². The van der Waals surface area contributed by atoms with Crippen molar-refractivity contribution in [1.29, 1.82) is 0 Å². The third-order valence-corrected chi connectivity index (χ3v) is 5.51. The lowest BCUT2D eigenvalue weighted by Crippen LogP contribution is -2.62. The van der Waals surface area contributed by atoms with Gasteiger partial charge in [0.2, 0.25) is 0 Å². The molecule has 3 rings (SSSR count). The molecule has 20 heavy (non-hydrogen) atoms. The van der Waals surface area contributed by atoms with Crippen LogP contribution < -0.4 is 15.5 Å². The van der Waals surface area contributed by atoms with Crippen LogP contribution in [0.15, 0.2) is 40.4 Å². The van der Waals surface area contributed by atoms with Crippen molar-refractivity contribution >= 4 is 34.0 Å². The molecule has 0 amide bonds. The summed E-state index contributed by atoms with van der Waals surface area (Å²) in [6, 6.07) is 7.22. The van der Waals surface area contributed by atoms with Crippen LogP contribution in [0.4, 0.5) is 0 Å². The molecule has 0 aliphatic heterocycles. The number of thiophene rings is 2. The van der Waals surface area contributed by atoms with Gasteiger partial charge in [-0.2, -0.15) is 0 Å². The molecule has 1 N–H and O–H groups in total. The maximum atomic E-state index is 11.9. The highest BCUT2D eigenvalue weighted by atomic mass is 32.1. The Morgan fingerprint density at radius 3 is 2.60 bits per heavy atom. The van der Waals surface area contributed by atoms with E-state index in [-0.39, 0.29) is 11.4 Å². The van der Waals surface area contributed by atoms with E-state index in [0.717, 1.165) is 21.2 Å². The maximum absolute atomic E-state index is 11.9. The predicted octanol–water partition coefficient (Wildman–Crippen LogP) is 1.55. The van der Waals surface area contributed by atoms with Crippen LogP contribution in [0.5, 0.6) is 0 Å². The normalized spacial score (nSPS) is 11.9. The molecule has 7 heteroatoms. The highest BCUT2D eigenvalue weighted by Gasteiger charge is 2.09. The molecule has 0 saturated heterocycles. The molecule has 0 aliphatic carbocycles. The highest BCUT2D eigenvalue weighted by Crippen LogP contribution is 2.27. The summed E-state index contributed by atoms with van der Waals surface area (Å²) < 4.78 is 0. The fourth-order valence-electron chi connectivity index (χ4n) is 1.66. The SMILES string of the molecule is [O-]C([O-])(NCc1csc(-c2cccs2)n1)c1cccs1. The van der Waals surface area contributed by atoms with E-state index in [9.17, 15) is 10.2 Å². The van der Waals surface area contributed by atoms with Gasteiger partial charge in [-0.05, 0) is 27.8 Å². The summed E-state index contributed by atoms with van der Waals surface area (Å²) in [4.78, 5) is 5.76. The van der Waals surface area contributed by atoms with Crippen molar-refractivity contribution in [3.05, 3.63) is 51.0 Å². The number of nitrogens with one attached hydrogen (secondary N) is 1. The first-order valence-corrected chi connectivity index (χ1v) is 8.47. The van der Waals surface area contributed by atoms with Gasteiger partial charge in [-0.25, -0.2) is 4.98 Å². The van der Waals surface area contributed by atoms with Gasteiger partial charge in [0.15, 0.2) is 0 Å². The first-order chi connectivity index (χ1) is 9.65. The van der Waals surface area contributed by atoms with Crippen LogP contribution >= 0.6 is 34.0 Å². The van der Waals surface area contributed by atoms with Gasteiger partial charge in [-0.3, -0.25) is 0 Å². The van der Waals surface area contributed by atoms with Gasteiger partial charge in [0.1, 0.15) is 5.01 Å². The maximum Gasteiger partial charge on any atom is 0.133 e. The molecule has 0 bridgehead atoms. The number of hydrogen-bond donors (Lipinski definition) is 1. The van der Waals surface area contributed by atoms with Crippen LogP contribution in [0.1, 0.15) is 10.6 Å². The van der Waals surface area contributed by atoms with Gasteiger partial charge in [-0.15, -0.1) is 39.9 Å². The monoisotopic (exact) mass is 322 g/mol. The molecule has 0 fully saturated rings. The summed E-state index contributed by atoms with van der Waals surface area (Å²) >= 11 is 4.29. The Hall–Kier alpha value is -1.09. The predicted molar refractivity (Wildman–Crippen MR) is 78.3 cm³/mol. The average Bonchev–Trinajstić information content (AvgIpc) is 3.16. The Morgan fingerprint density at radius 1 is 1.10 bits per heavy atom. The van der Waals surface area contributed by atoms with Crippen LogP contribution in [-0.4, -0.2) is 4.98 Å². The fourth-order valence-corrected chi connectivity index (χ4v) is 3.98. The summed E-state index contributed by atoms with van der Waals surface area (Å²) in [5.74, 6) is -2.51. The van der Waals surface area contributed by atoms with E-state index in [2.05, 4.69) is 10.3 Å². The van der Waals surface area contributed by atoms with Crippen molar-refractivity contribution < 1.29 is 10.2 Å². The quantitative estimate of drug-likeness (QED) is 0.724. The largest absolute Gasteiger partial charge is 0.848 e. The van der Waals surface area contributed by atoms with E-state index >= 15 is 0 Å². The molecule has 0 unspecified atom stereocenters. The van der Waals surface area contributed by atoms with Gasteiger partial charge < -0.3 is 15.5 Å². The smallest absolute Gasteiger partial charge is 0.133 e. The zero-order valence-corrected chi connectivity index (χ0v) is 12.7. The van der Waals surface area contributed by atoms with E-state index in [1.54, 1.807) is 28.8 Å². The molecule has 0 aliphatic rings. The molecule has 3 heterocycles. The first-order valence-electron chi connectivity index (χ1n) is 5.83. The molecule has 0 atom stereocenters. The summed E-state index contributed by atoms with van der Waals surface area (Å²) in [5.41, 5.74) is 0.714. The lowest BCUT2D eigenvalue weighted by molar-refractivity contribution is -0.744. The first kappa shape index (κ1) is 13.9. The number of thiazole rings is 1. The Balaban J connectivity index is 1.67. The van der Waals surface area contributed by atoms with E-state index in [1.807, 2.05) is 22.9 Å². The fraction of sp³-hybridized carbons (Fsp3) is 0.154. The van der Waals surface area contributed by atoms with Crippen molar-refractivity contribution in [1.82, 2.24) is 10.3 Å². The van der Waals surface area contributed by atoms with E-state index in [0.29, 0.717) is 5.69 Å². The van der Waals surface area contributed by atoms with Crippen molar-refractivity contribution in [2.45, 2.75) is 12.5 Å². The minimum absolute atomic E-state index is 0.173. The molecule has 4 nitrogen and oxygen atoms in total. The van der Waals surface area contributed by atoms with Gasteiger partial charge in [0, 0.05) is 11.9 Å². The summed E-state index contributed by atoms with van der Waals surface area (Å²) in [6.45, 7) is 0.173. The van der Waals surface area contributed by atoms with Crippen molar-refractivity contribution in [3.63, 3.8) is 0 Å². The average molecular weight is 322 g/mol. The van der Waals surface area contributed by atoms with Gasteiger partial charge in [0.05, 0.1) is 10.6 Å². The van der Waals surface area contributed by atoms with Crippen molar-refractivity contribution in [3.8, 4) is 9.88 Å². The number of rotatable bonds is 5. The highest BCUT2D eigenvalue weighted by molar-refractivity contribution is 7.20. The topological polar surface area (TPSA) is 71.0 Å². The molecule has 0 radical (unpaired) electrons. The molecule has 0 saturated carbocycles. The molecule has 0 spiro atoms. The Morgan fingerprint density at radius 2 is 1.90 bits per heavy atom. The Kier molecular flexibility index (Phi) is 3.97. The third kappa shape index (κ3) is 2.98.